The van der Waals surface area contributed by atoms with E-state index in [1.807, 2.05) is 16.0 Å². The summed E-state index contributed by atoms with van der Waals surface area (Å²) in [6.45, 7) is 1.24. The molecule has 0 saturated carbocycles. The number of anilines is 1. The number of aromatic nitrogens is 1. The number of rotatable bonds is 35. The third kappa shape index (κ3) is 32.6. The molecule has 0 aliphatic carbocycles. The Morgan fingerprint density at radius 1 is 0.574 bits per heavy atom. The van der Waals surface area contributed by atoms with E-state index in [0.29, 0.717) is 29.3 Å². The number of primary amides is 1. The lowest BCUT2D eigenvalue weighted by Crippen LogP contribution is -2.61. The molecule has 11 unspecified atom stereocenters. The summed E-state index contributed by atoms with van der Waals surface area (Å²) in [7, 11) is 0. The predicted octanol–water partition coefficient (Wildman–Crippen LogP) is -4.53. The minimum Gasteiger partial charge on any atom is -0.481 e. The van der Waals surface area contributed by atoms with E-state index in [0.717, 1.165) is 52.9 Å². The molecular weight excluding hydrogens is 1520 g/mol. The number of ether oxygens (including phenoxy) is 1. The van der Waals surface area contributed by atoms with Crippen LogP contribution in [0.5, 0.6) is 0 Å². The smallest absolute Gasteiger partial charge is 0.310 e. The van der Waals surface area contributed by atoms with Crippen LogP contribution >= 0.6 is 0 Å². The number of hydrogen-bond acceptors (Lipinski definition) is 24. The highest BCUT2D eigenvalue weighted by Gasteiger charge is 2.41. The van der Waals surface area contributed by atoms with E-state index in [1.165, 1.54) is 24.3 Å². The van der Waals surface area contributed by atoms with Gasteiger partial charge in [-0.05, 0) is 69.3 Å². The first-order chi connectivity index (χ1) is 54.4. The van der Waals surface area contributed by atoms with Crippen molar-refractivity contribution in [2.45, 2.75) is 210 Å². The number of esters is 1. The Morgan fingerprint density at radius 3 is 1.72 bits per heavy atom. The van der Waals surface area contributed by atoms with Crippen molar-refractivity contribution in [2.75, 3.05) is 32.0 Å². The summed E-state index contributed by atoms with van der Waals surface area (Å²) < 4.78 is 5.74. The lowest BCUT2D eigenvalue weighted by atomic mass is 9.86. The summed E-state index contributed by atoms with van der Waals surface area (Å²) in [4.78, 5) is 276. The molecule has 3 aromatic rings. The first-order valence-corrected chi connectivity index (χ1v) is 37.0. The summed E-state index contributed by atoms with van der Waals surface area (Å²) in [5.41, 5.74) is 18.2. The van der Waals surface area contributed by atoms with Gasteiger partial charge in [0.2, 0.25) is 76.8 Å². The molecule has 42 heteroatoms. The second kappa shape index (κ2) is 47.8. The number of H-pyrrole nitrogens is 1. The Labute approximate surface area is 658 Å². The molecule has 2 heterocycles. The SMILES string of the molecule is CCCCCCCCCC(=O)N[C@@H](Cc1c[nH]c2ccccc12)C(=O)N[C@@H](CC(N)=O)C(=O)NC(CC(=O)O)C(=O)NC1C(=O)NCC(=O)NC(CCCN)C(=O)NC(CC(=O)O)C(=O)NC(C)C(=O)NC(CC(=O)O)C(=O)NCC(=O)NC(CO)C(=O)NC(C(C)CC(=O)O)C(=O)CC(CC(=O)c2ccccc2N)C(=O)OC1C. The quantitative estimate of drug-likeness (QED) is 0.0114. The molecule has 0 bridgehead atoms. The van der Waals surface area contributed by atoms with E-state index in [1.54, 1.807) is 30.5 Å². The second-order valence-electron chi connectivity index (χ2n) is 27.6. The number of ketones is 2. The summed E-state index contributed by atoms with van der Waals surface area (Å²) in [5, 5.41) is 76.7. The molecule has 4 rings (SSSR count). The molecule has 42 nitrogen and oxygen atoms in total. The van der Waals surface area contributed by atoms with Gasteiger partial charge in [-0.2, -0.15) is 0 Å². The van der Waals surface area contributed by atoms with Crippen molar-refractivity contribution in [2.24, 2.45) is 23.3 Å². The first-order valence-electron chi connectivity index (χ1n) is 37.0. The fourth-order valence-corrected chi connectivity index (χ4v) is 12.0. The minimum absolute atomic E-state index is 0.0155. The molecule has 0 spiro atoms. The summed E-state index contributed by atoms with van der Waals surface area (Å²) in [6.07, 6.45) is -3.29. The topological polar surface area (TPSA) is 690 Å². The maximum absolute atomic E-state index is 14.9. The third-order valence-corrected chi connectivity index (χ3v) is 18.1. The van der Waals surface area contributed by atoms with Gasteiger partial charge in [0.15, 0.2) is 11.6 Å². The van der Waals surface area contributed by atoms with E-state index < -0.39 is 261 Å². The number of cyclic esters (lactones) is 1. The van der Waals surface area contributed by atoms with Crippen molar-refractivity contribution >= 4 is 135 Å². The lowest BCUT2D eigenvalue weighted by Gasteiger charge is -2.29. The van der Waals surface area contributed by atoms with E-state index in [9.17, 15) is 121 Å². The number of aliphatic hydroxyl groups is 1. The number of carbonyl (C=O) groups is 20. The fourth-order valence-electron chi connectivity index (χ4n) is 12.0. The van der Waals surface area contributed by atoms with Gasteiger partial charge in [0.05, 0.1) is 63.8 Å². The number of nitrogens with one attached hydrogen (secondary N) is 13. The molecular formula is C73H102N16O26. The maximum Gasteiger partial charge on any atom is 0.310 e. The fraction of sp³-hybridized carbons (Fsp3) is 0.534. The van der Waals surface area contributed by atoms with Crippen LogP contribution < -0.4 is 81.0 Å². The van der Waals surface area contributed by atoms with Crippen molar-refractivity contribution in [3.63, 3.8) is 0 Å². The average molecular weight is 1620 g/mol. The van der Waals surface area contributed by atoms with Gasteiger partial charge in [0.25, 0.3) is 0 Å². The van der Waals surface area contributed by atoms with Crippen molar-refractivity contribution in [3.8, 4) is 0 Å². The van der Waals surface area contributed by atoms with Crippen LogP contribution in [-0.2, 0) is 102 Å². The lowest BCUT2D eigenvalue weighted by molar-refractivity contribution is -0.158. The molecule has 1 aliphatic heterocycles. The van der Waals surface area contributed by atoms with Gasteiger partial charge >= 0.3 is 29.8 Å². The number of amides is 13. The Balaban J connectivity index is 1.87. The van der Waals surface area contributed by atoms with Crippen molar-refractivity contribution in [1.82, 2.24) is 68.8 Å². The van der Waals surface area contributed by atoms with E-state index >= 15 is 0 Å². The number of carboxylic acids is 4. The molecule has 24 N–H and O–H groups in total. The molecule has 630 valence electrons. The normalized spacial score (nSPS) is 21.3. The predicted molar refractivity (Wildman–Crippen MR) is 401 cm³/mol. The molecule has 1 fully saturated rings. The van der Waals surface area contributed by atoms with E-state index in [-0.39, 0.29) is 43.5 Å². The molecule has 13 amide bonds. The van der Waals surface area contributed by atoms with Crippen molar-refractivity contribution < 1.29 is 126 Å². The third-order valence-electron chi connectivity index (χ3n) is 18.1. The highest BCUT2D eigenvalue weighted by Crippen LogP contribution is 2.25. The monoisotopic (exact) mass is 1620 g/mol. The van der Waals surface area contributed by atoms with Gasteiger partial charge in [-0.15, -0.1) is 0 Å². The highest BCUT2D eigenvalue weighted by molar-refractivity contribution is 6.05. The summed E-state index contributed by atoms with van der Waals surface area (Å²) in [6, 6.07) is -7.90. The Morgan fingerprint density at radius 2 is 1.12 bits per heavy atom. The standard InChI is InChI=1S/C73H102N16O26/c1-5-6-7-8-9-10-11-22-55(94)82-46(25-40-32-77-44-20-15-13-17-41(40)44)68(109)85-47(28-54(76)93)69(110)87-50(31-61(103)104)70(111)89-63-38(4)115-73(114)39(26-52(91)42-18-12-14-19-43(42)75)27-53(92)62(36(2)24-58(97)98)88-71(112)51(35-90)83-57(96)33-78-65(106)48(29-59(99)100)84-64(105)37(3)80-67(108)49(30-60(101)102)86-66(107)45(21-16-23-74)81-56(95)34-79-72(63)113/h12-15,17-20,32,36-39,45-51,62-63,77,90H,5-11,16,21-31,33-35,74-75H2,1-4H3,(H2,76,93)(H,78,106)(H,79,113)(H,80,108)(H,81,95)(H,82,94)(H,83,96)(H,84,105)(H,85,109)(H,86,107)(H,87,110)(H,88,112)(H,89,111)(H,97,98)(H,99,100)(H,101,102)(H,103,104)/t36?,37?,38?,39?,45?,46-,47-,48?,49?,50?,51?,62?,63?/m0/s1. The van der Waals surface area contributed by atoms with Gasteiger partial charge in [-0.1, -0.05) is 82.7 Å². The van der Waals surface area contributed by atoms with Crippen LogP contribution in [0.3, 0.4) is 0 Å². The summed E-state index contributed by atoms with van der Waals surface area (Å²) >= 11 is 0. The number of hydrogen-bond donors (Lipinski definition) is 21. The number of aliphatic hydroxyl groups excluding tert-OH is 1. The number of Topliss-reactive ketones (excluding diaryl/α,β-unsaturated/α-hetero) is 2. The van der Waals surface area contributed by atoms with Gasteiger partial charge in [0, 0.05) is 54.0 Å². The molecule has 2 aromatic carbocycles. The van der Waals surface area contributed by atoms with E-state index in [4.69, 9.17) is 21.9 Å². The minimum atomic E-state index is -2.42. The largest absolute Gasteiger partial charge is 0.481 e. The number of para-hydroxylation sites is 2. The molecule has 0 radical (unpaired) electrons. The Hall–Kier alpha value is -12.5. The number of aromatic amines is 1. The van der Waals surface area contributed by atoms with Crippen LogP contribution in [0.4, 0.5) is 5.69 Å². The van der Waals surface area contributed by atoms with Crippen LogP contribution in [0.1, 0.15) is 153 Å². The zero-order valence-electron chi connectivity index (χ0n) is 63.8. The van der Waals surface area contributed by atoms with Gasteiger partial charge < -0.3 is 116 Å². The van der Waals surface area contributed by atoms with Crippen LogP contribution in [0.15, 0.2) is 54.7 Å². The Kier molecular flexibility index (Phi) is 39.4. The first kappa shape index (κ1) is 94.9. The van der Waals surface area contributed by atoms with Crippen LogP contribution in [0, 0.1) is 11.8 Å². The van der Waals surface area contributed by atoms with E-state index in [2.05, 4.69) is 59.8 Å². The number of carboxylic acid groups (broad SMARTS) is 4. The highest BCUT2D eigenvalue weighted by atomic mass is 16.5. The second-order valence-corrected chi connectivity index (χ2v) is 27.6. The number of nitrogen functional groups attached to an aromatic ring is 1. The number of carbonyl (C=O) groups excluding carboxylic acids is 16. The van der Waals surface area contributed by atoms with Gasteiger partial charge in [0.1, 0.15) is 60.5 Å². The number of unbranched alkanes of at least 4 members (excludes halogenated alkanes) is 6. The number of aliphatic carboxylic acids is 4. The maximum atomic E-state index is 14.9. The van der Waals surface area contributed by atoms with Crippen LogP contribution in [0.2, 0.25) is 0 Å². The van der Waals surface area contributed by atoms with Crippen molar-refractivity contribution in [1.29, 1.82) is 0 Å². The zero-order chi connectivity index (χ0) is 85.8. The Bertz CT molecular complexity index is 4040. The zero-order valence-corrected chi connectivity index (χ0v) is 63.8. The number of benzene rings is 2. The molecule has 1 aliphatic rings. The van der Waals surface area contributed by atoms with Gasteiger partial charge in [-0.25, -0.2) is 0 Å². The average Bonchev–Trinajstić information content (AvgIpc) is 1.72. The number of fused-ring (bicyclic) bond motifs is 1. The van der Waals surface area contributed by atoms with Crippen LogP contribution in [0.25, 0.3) is 10.9 Å². The van der Waals surface area contributed by atoms with Gasteiger partial charge in [-0.3, -0.25) is 95.9 Å². The molecule has 13 atom stereocenters. The molecule has 1 aromatic heterocycles. The van der Waals surface area contributed by atoms with Crippen molar-refractivity contribution in [3.05, 3.63) is 65.9 Å². The molecule has 1 saturated heterocycles. The summed E-state index contributed by atoms with van der Waals surface area (Å²) in [5.74, 6) is -31.1. The molecule has 115 heavy (non-hydrogen) atoms. The number of nitrogens with two attached hydrogens (primary N) is 3. The van der Waals surface area contributed by atoms with Crippen LogP contribution in [-0.4, -0.2) is 241 Å².